The van der Waals surface area contributed by atoms with Gasteiger partial charge >= 0.3 is 0 Å². The fourth-order valence-electron chi connectivity index (χ4n) is 2.31. The van der Waals surface area contributed by atoms with Gasteiger partial charge < -0.3 is 5.32 Å². The average molecular weight is 345 g/mol. The van der Waals surface area contributed by atoms with Crippen LogP contribution in [0.15, 0.2) is 35.5 Å². The summed E-state index contributed by atoms with van der Waals surface area (Å²) in [6, 6.07) is 8.20. The molecule has 2 heterocycles. The van der Waals surface area contributed by atoms with Gasteiger partial charge in [-0.2, -0.15) is 0 Å². The SMILES string of the molecule is Cc1cc2nnc(SCC(=O)NCc3ccccc3F)n2c(C)n1. The van der Waals surface area contributed by atoms with Crippen LogP contribution < -0.4 is 5.32 Å². The van der Waals surface area contributed by atoms with E-state index in [1.165, 1.54) is 17.8 Å². The third kappa shape index (κ3) is 3.53. The molecule has 124 valence electrons. The lowest BCUT2D eigenvalue weighted by molar-refractivity contribution is -0.118. The number of fused-ring (bicyclic) bond motifs is 1. The van der Waals surface area contributed by atoms with E-state index in [1.807, 2.05) is 24.3 Å². The average Bonchev–Trinajstić information content (AvgIpc) is 2.95. The third-order valence-corrected chi connectivity index (χ3v) is 4.35. The van der Waals surface area contributed by atoms with Crippen LogP contribution in [-0.2, 0) is 11.3 Å². The van der Waals surface area contributed by atoms with Crippen LogP contribution in [0.25, 0.3) is 5.65 Å². The number of nitrogens with zero attached hydrogens (tertiary/aromatic N) is 4. The van der Waals surface area contributed by atoms with Gasteiger partial charge in [-0.3, -0.25) is 9.20 Å². The van der Waals surface area contributed by atoms with E-state index in [1.54, 1.807) is 18.2 Å². The number of hydrogen-bond acceptors (Lipinski definition) is 5. The molecule has 0 bridgehead atoms. The van der Waals surface area contributed by atoms with Crippen LogP contribution in [0.1, 0.15) is 17.1 Å². The highest BCUT2D eigenvalue weighted by molar-refractivity contribution is 7.99. The summed E-state index contributed by atoms with van der Waals surface area (Å²) in [5.74, 6) is 0.413. The number of benzene rings is 1. The maximum absolute atomic E-state index is 13.5. The predicted molar refractivity (Wildman–Crippen MR) is 89.2 cm³/mol. The Labute approximate surface area is 142 Å². The molecule has 0 radical (unpaired) electrons. The number of nitrogens with one attached hydrogen (secondary N) is 1. The summed E-state index contributed by atoms with van der Waals surface area (Å²) in [6.07, 6.45) is 0. The van der Waals surface area contributed by atoms with Crippen LogP contribution in [0.2, 0.25) is 0 Å². The van der Waals surface area contributed by atoms with E-state index in [0.29, 0.717) is 16.4 Å². The monoisotopic (exact) mass is 345 g/mol. The molecule has 3 rings (SSSR count). The van der Waals surface area contributed by atoms with Crippen LogP contribution in [0, 0.1) is 19.7 Å². The van der Waals surface area contributed by atoms with Crippen molar-refractivity contribution in [1.82, 2.24) is 24.9 Å². The fourth-order valence-corrected chi connectivity index (χ4v) is 3.13. The van der Waals surface area contributed by atoms with Crippen molar-refractivity contribution >= 4 is 23.3 Å². The molecule has 0 unspecified atom stereocenters. The molecule has 0 fully saturated rings. The molecule has 0 aliphatic heterocycles. The van der Waals surface area contributed by atoms with Gasteiger partial charge in [0.2, 0.25) is 5.91 Å². The molecule has 8 heteroatoms. The minimum Gasteiger partial charge on any atom is -0.351 e. The molecule has 1 N–H and O–H groups in total. The first kappa shape index (κ1) is 16.4. The first-order chi connectivity index (χ1) is 11.5. The number of carbonyl (C=O) groups excluding carboxylic acids is 1. The lowest BCUT2D eigenvalue weighted by atomic mass is 10.2. The summed E-state index contributed by atoms with van der Waals surface area (Å²) in [6.45, 7) is 3.92. The Kier molecular flexibility index (Phi) is 4.75. The largest absolute Gasteiger partial charge is 0.351 e. The zero-order valence-corrected chi connectivity index (χ0v) is 14.1. The number of aromatic nitrogens is 4. The highest BCUT2D eigenvalue weighted by atomic mass is 32.2. The molecular formula is C16H16FN5OS. The molecule has 0 atom stereocenters. The molecule has 0 saturated carbocycles. The van der Waals surface area contributed by atoms with Crippen LogP contribution in [0.5, 0.6) is 0 Å². The second-order valence-corrected chi connectivity index (χ2v) is 6.22. The normalized spacial score (nSPS) is 11.0. The van der Waals surface area contributed by atoms with Crippen molar-refractivity contribution in [2.45, 2.75) is 25.5 Å². The van der Waals surface area contributed by atoms with Crippen LogP contribution in [-0.4, -0.2) is 31.2 Å². The van der Waals surface area contributed by atoms with Crippen molar-refractivity contribution in [2.75, 3.05) is 5.75 Å². The van der Waals surface area contributed by atoms with E-state index in [2.05, 4.69) is 20.5 Å². The van der Waals surface area contributed by atoms with Gasteiger partial charge in [0, 0.05) is 23.9 Å². The number of aryl methyl sites for hydroxylation is 2. The Balaban J connectivity index is 1.62. The summed E-state index contributed by atoms with van der Waals surface area (Å²) in [7, 11) is 0. The lowest BCUT2D eigenvalue weighted by Crippen LogP contribution is -2.25. The standard InChI is InChI=1S/C16H16FN5OS/c1-10-7-14-20-21-16(22(14)11(2)19-10)24-9-15(23)18-8-12-5-3-4-6-13(12)17/h3-7H,8-9H2,1-2H3,(H,18,23). The minimum atomic E-state index is -0.328. The van der Waals surface area contributed by atoms with Gasteiger partial charge in [-0.15, -0.1) is 10.2 Å². The van der Waals surface area contributed by atoms with E-state index in [0.717, 1.165) is 11.5 Å². The predicted octanol–water partition coefficient (Wildman–Crippen LogP) is 2.29. The summed E-state index contributed by atoms with van der Waals surface area (Å²) >= 11 is 1.27. The third-order valence-electron chi connectivity index (χ3n) is 3.42. The molecule has 2 aromatic heterocycles. The highest BCUT2D eigenvalue weighted by Gasteiger charge is 2.12. The smallest absolute Gasteiger partial charge is 0.230 e. The molecule has 0 saturated heterocycles. The Morgan fingerprint density at radius 3 is 2.88 bits per heavy atom. The summed E-state index contributed by atoms with van der Waals surface area (Å²) in [5, 5.41) is 11.5. The van der Waals surface area contributed by atoms with Gasteiger partial charge in [0.25, 0.3) is 0 Å². The second kappa shape index (κ2) is 6.96. The first-order valence-corrected chi connectivity index (χ1v) is 8.35. The molecular weight excluding hydrogens is 329 g/mol. The first-order valence-electron chi connectivity index (χ1n) is 7.37. The topological polar surface area (TPSA) is 72.2 Å². The fraction of sp³-hybridized carbons (Fsp3) is 0.250. The zero-order chi connectivity index (χ0) is 17.1. The van der Waals surface area contributed by atoms with Crippen molar-refractivity contribution in [2.24, 2.45) is 0 Å². The number of carbonyl (C=O) groups is 1. The van der Waals surface area contributed by atoms with Crippen LogP contribution in [0.3, 0.4) is 0 Å². The Morgan fingerprint density at radius 1 is 1.29 bits per heavy atom. The molecule has 6 nitrogen and oxygen atoms in total. The van der Waals surface area contributed by atoms with Crippen molar-refractivity contribution < 1.29 is 9.18 Å². The van der Waals surface area contributed by atoms with Crippen LogP contribution in [0.4, 0.5) is 4.39 Å². The van der Waals surface area contributed by atoms with E-state index in [-0.39, 0.29) is 24.0 Å². The number of rotatable bonds is 5. The van der Waals surface area contributed by atoms with Gasteiger partial charge in [-0.1, -0.05) is 30.0 Å². The van der Waals surface area contributed by atoms with E-state index in [4.69, 9.17) is 0 Å². The van der Waals surface area contributed by atoms with E-state index < -0.39 is 0 Å². The number of amides is 1. The number of hydrogen-bond donors (Lipinski definition) is 1. The van der Waals surface area contributed by atoms with Gasteiger partial charge in [0.1, 0.15) is 11.6 Å². The van der Waals surface area contributed by atoms with E-state index in [9.17, 15) is 9.18 Å². The second-order valence-electron chi connectivity index (χ2n) is 5.28. The molecule has 0 aliphatic carbocycles. The molecule has 3 aromatic rings. The van der Waals surface area contributed by atoms with Crippen LogP contribution >= 0.6 is 11.8 Å². The van der Waals surface area contributed by atoms with Crippen molar-refractivity contribution in [3.05, 3.63) is 53.2 Å². The number of halogens is 1. The Hall–Kier alpha value is -2.48. The van der Waals surface area contributed by atoms with Gasteiger partial charge in [-0.25, -0.2) is 9.37 Å². The quantitative estimate of drug-likeness (QED) is 0.718. The molecule has 24 heavy (non-hydrogen) atoms. The number of thioether (sulfide) groups is 1. The maximum atomic E-state index is 13.5. The summed E-state index contributed by atoms with van der Waals surface area (Å²) in [4.78, 5) is 16.3. The lowest BCUT2D eigenvalue weighted by Gasteiger charge is -2.06. The van der Waals surface area contributed by atoms with Gasteiger partial charge in [-0.05, 0) is 19.9 Å². The molecule has 0 spiro atoms. The molecule has 1 aromatic carbocycles. The molecule has 1 amide bonds. The van der Waals surface area contributed by atoms with Gasteiger partial charge in [0.05, 0.1) is 5.75 Å². The van der Waals surface area contributed by atoms with Crippen molar-refractivity contribution in [3.8, 4) is 0 Å². The zero-order valence-electron chi connectivity index (χ0n) is 13.3. The van der Waals surface area contributed by atoms with E-state index >= 15 is 0 Å². The van der Waals surface area contributed by atoms with Gasteiger partial charge in [0.15, 0.2) is 10.8 Å². The summed E-state index contributed by atoms with van der Waals surface area (Å²) < 4.78 is 15.3. The van der Waals surface area contributed by atoms with Crippen molar-refractivity contribution in [3.63, 3.8) is 0 Å². The maximum Gasteiger partial charge on any atom is 0.230 e. The highest BCUT2D eigenvalue weighted by Crippen LogP contribution is 2.18. The van der Waals surface area contributed by atoms with Crippen molar-refractivity contribution in [1.29, 1.82) is 0 Å². The summed E-state index contributed by atoms with van der Waals surface area (Å²) in [5.41, 5.74) is 2.03. The molecule has 0 aliphatic rings. The Morgan fingerprint density at radius 2 is 2.08 bits per heavy atom. The minimum absolute atomic E-state index is 0.159. The Bertz CT molecular complexity index is 895.